The normalized spacial score (nSPS) is 20.7. The Bertz CT molecular complexity index is 405. The van der Waals surface area contributed by atoms with Crippen LogP contribution < -0.4 is 0 Å². The van der Waals surface area contributed by atoms with Crippen LogP contribution in [0.2, 0.25) is 0 Å². The second kappa shape index (κ2) is 5.41. The van der Waals surface area contributed by atoms with Gasteiger partial charge < -0.3 is 4.90 Å². The lowest BCUT2D eigenvalue weighted by molar-refractivity contribution is 0.0964. The summed E-state index contributed by atoms with van der Waals surface area (Å²) >= 11 is 0. The minimum atomic E-state index is -0.410. The van der Waals surface area contributed by atoms with E-state index in [1.807, 2.05) is 0 Å². The second-order valence-corrected chi connectivity index (χ2v) is 4.85. The lowest BCUT2D eigenvalue weighted by Gasteiger charge is -2.14. The quantitative estimate of drug-likeness (QED) is 0.748. The van der Waals surface area contributed by atoms with Crippen molar-refractivity contribution in [3.05, 3.63) is 35.6 Å². The fourth-order valence-electron chi connectivity index (χ4n) is 2.31. The summed E-state index contributed by atoms with van der Waals surface area (Å²) in [7, 11) is 0. The third-order valence-electron chi connectivity index (χ3n) is 3.34. The van der Waals surface area contributed by atoms with Crippen LogP contribution in [-0.4, -0.2) is 30.3 Å². The molecule has 17 heavy (non-hydrogen) atoms. The average molecular weight is 235 g/mol. The molecule has 0 spiro atoms. The van der Waals surface area contributed by atoms with Gasteiger partial charge in [0.1, 0.15) is 5.82 Å². The lowest BCUT2D eigenvalue weighted by atomic mass is 10.1. The van der Waals surface area contributed by atoms with Crippen molar-refractivity contribution in [2.24, 2.45) is 5.92 Å². The number of nitrogens with zero attached hydrogens (tertiary/aromatic N) is 1. The molecule has 1 unspecified atom stereocenters. The maximum Gasteiger partial charge on any atom is 0.167 e. The van der Waals surface area contributed by atoms with Crippen molar-refractivity contribution in [2.45, 2.75) is 19.8 Å². The van der Waals surface area contributed by atoms with Gasteiger partial charge in [0, 0.05) is 19.5 Å². The molecular formula is C14H18FNO. The van der Waals surface area contributed by atoms with Gasteiger partial charge in [0.25, 0.3) is 0 Å². The predicted octanol–water partition coefficient (Wildman–Crippen LogP) is 2.74. The first-order chi connectivity index (χ1) is 8.16. The second-order valence-electron chi connectivity index (χ2n) is 4.85. The van der Waals surface area contributed by atoms with Gasteiger partial charge >= 0.3 is 0 Å². The highest BCUT2D eigenvalue weighted by Gasteiger charge is 2.19. The fourth-order valence-corrected chi connectivity index (χ4v) is 2.31. The van der Waals surface area contributed by atoms with Crippen molar-refractivity contribution < 1.29 is 9.18 Å². The Labute approximate surface area is 101 Å². The van der Waals surface area contributed by atoms with E-state index < -0.39 is 5.82 Å². The summed E-state index contributed by atoms with van der Waals surface area (Å²) in [5, 5.41) is 0. The SMILES string of the molecule is CC1CCN(CCC(=O)c2ccccc2F)C1. The molecule has 2 rings (SSSR count). The maximum absolute atomic E-state index is 13.4. The van der Waals surface area contributed by atoms with E-state index in [2.05, 4.69) is 11.8 Å². The maximum atomic E-state index is 13.4. The van der Waals surface area contributed by atoms with Crippen LogP contribution in [0.3, 0.4) is 0 Å². The molecule has 0 bridgehead atoms. The molecule has 1 fully saturated rings. The Hall–Kier alpha value is -1.22. The monoisotopic (exact) mass is 235 g/mol. The van der Waals surface area contributed by atoms with E-state index in [0.717, 1.165) is 25.6 Å². The van der Waals surface area contributed by atoms with E-state index in [9.17, 15) is 9.18 Å². The third kappa shape index (κ3) is 3.13. The van der Waals surface area contributed by atoms with E-state index in [-0.39, 0.29) is 11.3 Å². The summed E-state index contributed by atoms with van der Waals surface area (Å²) in [6.07, 6.45) is 1.61. The molecule has 92 valence electrons. The molecule has 1 heterocycles. The highest BCUT2D eigenvalue weighted by Crippen LogP contribution is 2.16. The fraction of sp³-hybridized carbons (Fsp3) is 0.500. The van der Waals surface area contributed by atoms with Crippen molar-refractivity contribution in [3.63, 3.8) is 0 Å². The average Bonchev–Trinajstić information content (AvgIpc) is 2.73. The molecule has 1 aromatic carbocycles. The largest absolute Gasteiger partial charge is 0.303 e. The van der Waals surface area contributed by atoms with E-state index >= 15 is 0 Å². The third-order valence-corrected chi connectivity index (χ3v) is 3.34. The molecular weight excluding hydrogens is 217 g/mol. The Morgan fingerprint density at radius 1 is 1.47 bits per heavy atom. The Kier molecular flexibility index (Phi) is 3.89. The summed E-state index contributed by atoms with van der Waals surface area (Å²) in [5.74, 6) is 0.216. The van der Waals surface area contributed by atoms with Crippen LogP contribution in [0.4, 0.5) is 4.39 Å². The van der Waals surface area contributed by atoms with Crippen LogP contribution >= 0.6 is 0 Å². The minimum absolute atomic E-state index is 0.0948. The van der Waals surface area contributed by atoms with Crippen molar-refractivity contribution in [2.75, 3.05) is 19.6 Å². The minimum Gasteiger partial charge on any atom is -0.303 e. The van der Waals surface area contributed by atoms with Gasteiger partial charge in [0.2, 0.25) is 0 Å². The van der Waals surface area contributed by atoms with E-state index in [1.165, 1.54) is 12.5 Å². The van der Waals surface area contributed by atoms with Crippen molar-refractivity contribution >= 4 is 5.78 Å². The highest BCUT2D eigenvalue weighted by molar-refractivity contribution is 5.96. The zero-order valence-corrected chi connectivity index (χ0v) is 10.2. The van der Waals surface area contributed by atoms with Crippen LogP contribution in [0.1, 0.15) is 30.1 Å². The van der Waals surface area contributed by atoms with Gasteiger partial charge in [-0.05, 0) is 31.0 Å². The first-order valence-corrected chi connectivity index (χ1v) is 6.17. The molecule has 0 aromatic heterocycles. The van der Waals surface area contributed by atoms with Crippen LogP contribution in [0.25, 0.3) is 0 Å². The first-order valence-electron chi connectivity index (χ1n) is 6.17. The first kappa shape index (κ1) is 12.2. The van der Waals surface area contributed by atoms with E-state index in [0.29, 0.717) is 6.42 Å². The molecule has 0 aliphatic carbocycles. The predicted molar refractivity (Wildman–Crippen MR) is 65.6 cm³/mol. The van der Waals surface area contributed by atoms with Crippen molar-refractivity contribution in [1.82, 2.24) is 4.90 Å². The number of benzene rings is 1. The van der Waals surface area contributed by atoms with Crippen molar-refractivity contribution in [3.8, 4) is 0 Å². The van der Waals surface area contributed by atoms with Gasteiger partial charge in [0.05, 0.1) is 5.56 Å². The lowest BCUT2D eigenvalue weighted by Crippen LogP contribution is -2.23. The van der Waals surface area contributed by atoms with E-state index in [4.69, 9.17) is 0 Å². The number of carbonyl (C=O) groups is 1. The number of halogens is 1. The summed E-state index contributed by atoms with van der Waals surface area (Å²) in [6.45, 7) is 5.09. The summed E-state index contributed by atoms with van der Waals surface area (Å²) in [6, 6.07) is 6.21. The molecule has 0 saturated carbocycles. The van der Waals surface area contributed by atoms with Crippen LogP contribution in [0.15, 0.2) is 24.3 Å². The van der Waals surface area contributed by atoms with Gasteiger partial charge in [-0.2, -0.15) is 0 Å². The van der Waals surface area contributed by atoms with Gasteiger partial charge in [0.15, 0.2) is 5.78 Å². The van der Waals surface area contributed by atoms with Gasteiger partial charge in [-0.15, -0.1) is 0 Å². The molecule has 0 N–H and O–H groups in total. The molecule has 1 aromatic rings. The summed E-state index contributed by atoms with van der Waals surface area (Å²) < 4.78 is 13.4. The smallest absolute Gasteiger partial charge is 0.167 e. The zero-order valence-electron chi connectivity index (χ0n) is 10.2. The zero-order chi connectivity index (χ0) is 12.3. The number of rotatable bonds is 4. The van der Waals surface area contributed by atoms with Gasteiger partial charge in [-0.25, -0.2) is 4.39 Å². The van der Waals surface area contributed by atoms with Crippen LogP contribution in [0.5, 0.6) is 0 Å². The number of Topliss-reactive ketones (excluding diaryl/α,β-unsaturated/α-hetero) is 1. The molecule has 3 heteroatoms. The Balaban J connectivity index is 1.88. The van der Waals surface area contributed by atoms with Gasteiger partial charge in [-0.3, -0.25) is 4.79 Å². The number of likely N-dealkylation sites (tertiary alicyclic amines) is 1. The molecule has 2 nitrogen and oxygen atoms in total. The summed E-state index contributed by atoms with van der Waals surface area (Å²) in [4.78, 5) is 14.1. The molecule has 1 aliphatic heterocycles. The number of hydrogen-bond acceptors (Lipinski definition) is 2. The van der Waals surface area contributed by atoms with E-state index in [1.54, 1.807) is 18.2 Å². The topological polar surface area (TPSA) is 20.3 Å². The number of hydrogen-bond donors (Lipinski definition) is 0. The van der Waals surface area contributed by atoms with Crippen molar-refractivity contribution in [1.29, 1.82) is 0 Å². The molecule has 1 saturated heterocycles. The molecule has 0 amide bonds. The standard InChI is InChI=1S/C14H18FNO/c1-11-6-8-16(10-11)9-7-14(17)12-4-2-3-5-13(12)15/h2-5,11H,6-10H2,1H3. The van der Waals surface area contributed by atoms with Crippen LogP contribution in [-0.2, 0) is 0 Å². The summed E-state index contributed by atoms with van der Waals surface area (Å²) in [5.41, 5.74) is 0.222. The number of ketones is 1. The number of carbonyl (C=O) groups excluding carboxylic acids is 1. The molecule has 1 atom stereocenters. The molecule has 0 radical (unpaired) electrons. The highest BCUT2D eigenvalue weighted by atomic mass is 19.1. The Morgan fingerprint density at radius 3 is 2.88 bits per heavy atom. The Morgan fingerprint density at radius 2 is 2.24 bits per heavy atom. The van der Waals surface area contributed by atoms with Gasteiger partial charge in [-0.1, -0.05) is 19.1 Å². The van der Waals surface area contributed by atoms with Crippen LogP contribution in [0, 0.1) is 11.7 Å². The molecule has 1 aliphatic rings.